The van der Waals surface area contributed by atoms with E-state index >= 15 is 0 Å². The molecule has 0 aliphatic carbocycles. The van der Waals surface area contributed by atoms with Gasteiger partial charge in [0, 0.05) is 17.7 Å². The normalized spacial score (nSPS) is 33.6. The van der Waals surface area contributed by atoms with Gasteiger partial charge >= 0.3 is 5.97 Å². The van der Waals surface area contributed by atoms with Crippen molar-refractivity contribution in [1.82, 2.24) is 5.32 Å². The Morgan fingerprint density at radius 3 is 2.75 bits per heavy atom. The van der Waals surface area contributed by atoms with E-state index in [2.05, 4.69) is 18.5 Å². The number of rotatable bonds is 6. The highest BCUT2D eigenvalue weighted by molar-refractivity contribution is 8.01. The number of hydrogen-bond acceptors (Lipinski definition) is 4. The van der Waals surface area contributed by atoms with Crippen LogP contribution in [-0.4, -0.2) is 34.3 Å². The zero-order valence-corrected chi connectivity index (χ0v) is 10.0. The first-order valence-corrected chi connectivity index (χ1v) is 6.05. The van der Waals surface area contributed by atoms with Crippen LogP contribution in [0.1, 0.15) is 6.42 Å². The van der Waals surface area contributed by atoms with Gasteiger partial charge in [-0.15, -0.1) is 24.9 Å². The predicted octanol–water partition coefficient (Wildman–Crippen LogP) is 0.809. The summed E-state index contributed by atoms with van der Waals surface area (Å²) in [6.07, 6.45) is 4.63. The number of hydrogen-bond donors (Lipinski definition) is 3. The molecular weight excluding hydrogens is 224 g/mol. The smallest absolute Gasteiger partial charge is 0.317 e. The van der Waals surface area contributed by atoms with E-state index in [9.17, 15) is 4.79 Å². The van der Waals surface area contributed by atoms with Crippen LogP contribution in [0.2, 0.25) is 0 Å². The Bertz CT molecular complexity index is 296. The van der Waals surface area contributed by atoms with Gasteiger partial charge in [0.05, 0.1) is 11.4 Å². The Labute approximate surface area is 100.0 Å². The molecule has 90 valence electrons. The first kappa shape index (κ1) is 13.3. The van der Waals surface area contributed by atoms with E-state index < -0.39 is 10.8 Å². The maximum Gasteiger partial charge on any atom is 0.317 e. The minimum Gasteiger partial charge on any atom is -0.480 e. The minimum atomic E-state index is -0.877. The summed E-state index contributed by atoms with van der Waals surface area (Å²) >= 11 is 1.64. The molecule has 0 spiro atoms. The van der Waals surface area contributed by atoms with Gasteiger partial charge in [0.1, 0.15) is 0 Å². The molecule has 0 aromatic heterocycles. The molecule has 0 bridgehead atoms. The molecule has 0 aromatic carbocycles. The molecule has 1 aliphatic heterocycles. The van der Waals surface area contributed by atoms with Gasteiger partial charge in [-0.1, -0.05) is 12.2 Å². The summed E-state index contributed by atoms with van der Waals surface area (Å²) in [6, 6.07) is 0. The van der Waals surface area contributed by atoms with Crippen molar-refractivity contribution in [2.75, 3.05) is 13.1 Å². The lowest BCUT2D eigenvalue weighted by molar-refractivity contribution is -0.136. The highest BCUT2D eigenvalue weighted by Crippen LogP contribution is 2.46. The standard InChI is InChI=1S/C11H18N2O2S/c1-3-8-5-9(4-2)16-11(8,7-12)13-6-10(14)15/h3-4,8-9,13H,1-2,5-7,12H2,(H,14,15)/t8?,9?,11-/m1/s1. The summed E-state index contributed by atoms with van der Waals surface area (Å²) in [6.45, 7) is 7.85. The van der Waals surface area contributed by atoms with E-state index in [1.54, 1.807) is 11.8 Å². The Kier molecular flexibility index (Phi) is 4.58. The highest BCUT2D eigenvalue weighted by atomic mass is 32.2. The lowest BCUT2D eigenvalue weighted by Crippen LogP contribution is -2.52. The number of thioether (sulfide) groups is 1. The zero-order valence-electron chi connectivity index (χ0n) is 9.19. The van der Waals surface area contributed by atoms with Crippen LogP contribution >= 0.6 is 11.8 Å². The molecule has 2 unspecified atom stereocenters. The molecule has 4 N–H and O–H groups in total. The molecule has 4 nitrogen and oxygen atoms in total. The maximum atomic E-state index is 10.6. The summed E-state index contributed by atoms with van der Waals surface area (Å²) < 4.78 is 0. The van der Waals surface area contributed by atoms with E-state index in [-0.39, 0.29) is 12.5 Å². The second-order valence-corrected chi connectivity index (χ2v) is 5.38. The maximum absolute atomic E-state index is 10.6. The molecule has 3 atom stereocenters. The molecular formula is C11H18N2O2S. The molecule has 1 fully saturated rings. The fourth-order valence-electron chi connectivity index (χ4n) is 1.95. The molecule has 5 heteroatoms. The van der Waals surface area contributed by atoms with E-state index in [1.807, 2.05) is 12.2 Å². The quantitative estimate of drug-likeness (QED) is 0.601. The largest absolute Gasteiger partial charge is 0.480 e. The lowest BCUT2D eigenvalue weighted by atomic mass is 9.94. The number of carboxylic acids is 1. The fourth-order valence-corrected chi connectivity index (χ4v) is 3.51. The van der Waals surface area contributed by atoms with Crippen molar-refractivity contribution in [3.63, 3.8) is 0 Å². The number of carbonyl (C=O) groups is 1. The molecule has 0 saturated carbocycles. The topological polar surface area (TPSA) is 75.3 Å². The summed E-state index contributed by atoms with van der Waals surface area (Å²) in [4.78, 5) is 10.2. The predicted molar refractivity (Wildman–Crippen MR) is 67.3 cm³/mol. The Morgan fingerprint density at radius 1 is 1.62 bits per heavy atom. The third-order valence-corrected chi connectivity index (χ3v) is 4.56. The molecule has 0 aromatic rings. The second-order valence-electron chi connectivity index (χ2n) is 3.81. The third kappa shape index (κ3) is 2.66. The van der Waals surface area contributed by atoms with Gasteiger partial charge in [0.15, 0.2) is 0 Å². The van der Waals surface area contributed by atoms with Crippen LogP contribution in [0.4, 0.5) is 0 Å². The van der Waals surface area contributed by atoms with Crippen molar-refractivity contribution in [3.05, 3.63) is 25.3 Å². The molecule has 1 saturated heterocycles. The average Bonchev–Trinajstić information content (AvgIpc) is 2.65. The van der Waals surface area contributed by atoms with Crippen LogP contribution < -0.4 is 11.1 Å². The third-order valence-electron chi connectivity index (χ3n) is 2.84. The van der Waals surface area contributed by atoms with Gasteiger partial charge in [0.2, 0.25) is 0 Å². The number of nitrogens with one attached hydrogen (secondary N) is 1. The summed E-state index contributed by atoms with van der Waals surface area (Å²) in [5.41, 5.74) is 5.78. The van der Waals surface area contributed by atoms with E-state index in [0.717, 1.165) is 6.42 Å². The monoisotopic (exact) mass is 242 g/mol. The molecule has 1 aliphatic rings. The Hall–Kier alpha value is -0.780. The van der Waals surface area contributed by atoms with Crippen molar-refractivity contribution >= 4 is 17.7 Å². The van der Waals surface area contributed by atoms with Crippen LogP contribution in [0.25, 0.3) is 0 Å². The van der Waals surface area contributed by atoms with E-state index in [0.29, 0.717) is 11.8 Å². The van der Waals surface area contributed by atoms with Crippen molar-refractivity contribution < 1.29 is 9.90 Å². The summed E-state index contributed by atoms with van der Waals surface area (Å²) in [7, 11) is 0. The Balaban J connectivity index is 2.78. The average molecular weight is 242 g/mol. The van der Waals surface area contributed by atoms with Crippen molar-refractivity contribution in [3.8, 4) is 0 Å². The highest BCUT2D eigenvalue weighted by Gasteiger charge is 2.44. The van der Waals surface area contributed by atoms with Crippen LogP contribution in [0.5, 0.6) is 0 Å². The number of aliphatic carboxylic acids is 1. The first-order valence-electron chi connectivity index (χ1n) is 5.17. The molecule has 16 heavy (non-hydrogen) atoms. The van der Waals surface area contributed by atoms with Crippen LogP contribution in [-0.2, 0) is 4.79 Å². The van der Waals surface area contributed by atoms with Crippen molar-refractivity contribution in [2.45, 2.75) is 16.5 Å². The number of nitrogens with two attached hydrogens (primary N) is 1. The molecule has 0 radical (unpaired) electrons. The summed E-state index contributed by atoms with van der Waals surface area (Å²) in [5.74, 6) is -0.705. The van der Waals surface area contributed by atoms with Gasteiger partial charge in [-0.25, -0.2) is 0 Å². The van der Waals surface area contributed by atoms with Crippen LogP contribution in [0, 0.1) is 5.92 Å². The van der Waals surface area contributed by atoms with Gasteiger partial charge < -0.3 is 10.8 Å². The molecule has 1 heterocycles. The van der Waals surface area contributed by atoms with Crippen LogP contribution in [0.3, 0.4) is 0 Å². The molecule has 1 rings (SSSR count). The minimum absolute atomic E-state index is 0.0849. The lowest BCUT2D eigenvalue weighted by Gasteiger charge is -2.32. The number of carboxylic acid groups (broad SMARTS) is 1. The van der Waals surface area contributed by atoms with Crippen molar-refractivity contribution in [1.29, 1.82) is 0 Å². The van der Waals surface area contributed by atoms with Crippen LogP contribution in [0.15, 0.2) is 25.3 Å². The van der Waals surface area contributed by atoms with Gasteiger partial charge in [0.25, 0.3) is 0 Å². The van der Waals surface area contributed by atoms with Crippen molar-refractivity contribution in [2.24, 2.45) is 11.7 Å². The van der Waals surface area contributed by atoms with Gasteiger partial charge in [-0.2, -0.15) is 0 Å². The Morgan fingerprint density at radius 2 is 2.31 bits per heavy atom. The first-order chi connectivity index (χ1) is 7.57. The summed E-state index contributed by atoms with van der Waals surface area (Å²) in [5, 5.41) is 12.0. The second kappa shape index (κ2) is 5.52. The fraction of sp³-hybridized carbons (Fsp3) is 0.545. The zero-order chi connectivity index (χ0) is 12.2. The SMILES string of the molecule is C=CC1CC(C=C)[C@](CN)(NCC(=O)O)S1. The van der Waals surface area contributed by atoms with Gasteiger partial charge in [-0.3, -0.25) is 10.1 Å². The van der Waals surface area contributed by atoms with Gasteiger partial charge in [-0.05, 0) is 6.42 Å². The van der Waals surface area contributed by atoms with E-state index in [4.69, 9.17) is 10.8 Å². The van der Waals surface area contributed by atoms with E-state index in [1.165, 1.54) is 0 Å². The molecule has 0 amide bonds.